The summed E-state index contributed by atoms with van der Waals surface area (Å²) in [4.78, 5) is 8.31. The van der Waals surface area contributed by atoms with Crippen LogP contribution in [0, 0.1) is 0 Å². The van der Waals surface area contributed by atoms with Crippen molar-refractivity contribution in [3.05, 3.63) is 35.1 Å². The average molecular weight is 208 g/mol. The van der Waals surface area contributed by atoms with Crippen molar-refractivity contribution in [1.29, 1.82) is 0 Å². The molecule has 2 aromatic rings. The summed E-state index contributed by atoms with van der Waals surface area (Å²) in [5, 5.41) is 4.16. The van der Waals surface area contributed by atoms with Gasteiger partial charge in [-0.3, -0.25) is 0 Å². The first-order valence-electron chi connectivity index (χ1n) is 4.39. The van der Waals surface area contributed by atoms with Crippen molar-refractivity contribution in [2.24, 2.45) is 5.73 Å². The first-order chi connectivity index (χ1) is 6.88. The second-order valence-electron chi connectivity index (χ2n) is 2.91. The highest BCUT2D eigenvalue weighted by molar-refractivity contribution is 7.15. The number of aromatic nitrogens is 2. The lowest BCUT2D eigenvalue weighted by atomic mass is 10.3. The summed E-state index contributed by atoms with van der Waals surface area (Å²) >= 11 is 1.60. The average Bonchev–Trinajstić information content (AvgIpc) is 2.86. The van der Waals surface area contributed by atoms with Gasteiger partial charge in [0.1, 0.15) is 0 Å². The smallest absolute Gasteiger partial charge is 0.183 e. The number of hydrogen-bond donors (Lipinski definition) is 3. The fourth-order valence-electron chi connectivity index (χ4n) is 1.13. The van der Waals surface area contributed by atoms with Gasteiger partial charge in [0.2, 0.25) is 0 Å². The monoisotopic (exact) mass is 208 g/mol. The fourth-order valence-corrected chi connectivity index (χ4v) is 1.82. The van der Waals surface area contributed by atoms with E-state index in [1.54, 1.807) is 11.3 Å². The number of anilines is 1. The molecule has 0 aliphatic heterocycles. The molecule has 4 N–H and O–H groups in total. The molecular weight excluding hydrogens is 196 g/mol. The predicted octanol–water partition coefficient (Wildman–Crippen LogP) is 1.54. The van der Waals surface area contributed by atoms with Crippen LogP contribution in [0.5, 0.6) is 0 Å². The Morgan fingerprint density at radius 3 is 3.14 bits per heavy atom. The van der Waals surface area contributed by atoms with E-state index in [0.717, 1.165) is 16.6 Å². The second-order valence-corrected chi connectivity index (χ2v) is 4.02. The summed E-state index contributed by atoms with van der Waals surface area (Å²) in [5.41, 5.74) is 6.71. The van der Waals surface area contributed by atoms with Crippen LogP contribution in [0.4, 0.5) is 5.13 Å². The molecule has 0 radical (unpaired) electrons. The summed E-state index contributed by atoms with van der Waals surface area (Å²) in [7, 11) is 0. The molecule has 2 heterocycles. The topological polar surface area (TPSA) is 66.7 Å². The molecule has 14 heavy (non-hydrogen) atoms. The Bertz CT molecular complexity index is 379. The maximum atomic E-state index is 5.49. The standard InChI is InChI=1S/C9H12N4S/c10-3-8-6-13-9(14-8)12-5-7-1-2-11-4-7/h1-2,4,6,11H,3,5,10H2,(H,12,13). The van der Waals surface area contributed by atoms with Crippen LogP contribution in [-0.4, -0.2) is 9.97 Å². The molecule has 0 saturated carbocycles. The lowest BCUT2D eigenvalue weighted by Crippen LogP contribution is -1.96. The number of nitrogens with two attached hydrogens (primary N) is 1. The molecule has 0 amide bonds. The zero-order chi connectivity index (χ0) is 9.80. The Balaban J connectivity index is 1.92. The van der Waals surface area contributed by atoms with Crippen molar-refractivity contribution in [2.75, 3.05) is 5.32 Å². The lowest BCUT2D eigenvalue weighted by molar-refractivity contribution is 1.09. The zero-order valence-corrected chi connectivity index (χ0v) is 8.47. The molecule has 2 rings (SSSR count). The molecule has 0 saturated heterocycles. The highest BCUT2D eigenvalue weighted by Gasteiger charge is 1.99. The second kappa shape index (κ2) is 4.26. The van der Waals surface area contributed by atoms with Crippen LogP contribution in [-0.2, 0) is 13.1 Å². The van der Waals surface area contributed by atoms with Gasteiger partial charge < -0.3 is 16.0 Å². The van der Waals surface area contributed by atoms with Crippen molar-refractivity contribution in [1.82, 2.24) is 9.97 Å². The molecule has 0 spiro atoms. The number of H-pyrrole nitrogens is 1. The number of thiazole rings is 1. The van der Waals surface area contributed by atoms with Crippen molar-refractivity contribution in [2.45, 2.75) is 13.1 Å². The van der Waals surface area contributed by atoms with Gasteiger partial charge in [-0.15, -0.1) is 11.3 Å². The molecule has 0 fully saturated rings. The van der Waals surface area contributed by atoms with Gasteiger partial charge in [-0.25, -0.2) is 4.98 Å². The van der Waals surface area contributed by atoms with E-state index in [1.165, 1.54) is 5.56 Å². The van der Waals surface area contributed by atoms with E-state index in [2.05, 4.69) is 15.3 Å². The van der Waals surface area contributed by atoms with E-state index in [9.17, 15) is 0 Å². The molecule has 2 aromatic heterocycles. The van der Waals surface area contributed by atoms with Crippen LogP contribution in [0.25, 0.3) is 0 Å². The van der Waals surface area contributed by atoms with Gasteiger partial charge in [0, 0.05) is 36.6 Å². The maximum absolute atomic E-state index is 5.49. The Morgan fingerprint density at radius 2 is 2.50 bits per heavy atom. The van der Waals surface area contributed by atoms with E-state index >= 15 is 0 Å². The Morgan fingerprint density at radius 1 is 1.57 bits per heavy atom. The normalized spacial score (nSPS) is 10.4. The van der Waals surface area contributed by atoms with E-state index in [-0.39, 0.29) is 0 Å². The van der Waals surface area contributed by atoms with E-state index in [1.807, 2.05) is 24.7 Å². The molecule has 0 bridgehead atoms. The molecule has 0 aliphatic carbocycles. The third-order valence-electron chi connectivity index (χ3n) is 1.86. The van der Waals surface area contributed by atoms with Gasteiger partial charge in [0.25, 0.3) is 0 Å². The third-order valence-corrected chi connectivity index (χ3v) is 2.84. The minimum Gasteiger partial charge on any atom is -0.367 e. The summed E-state index contributed by atoms with van der Waals surface area (Å²) < 4.78 is 0. The zero-order valence-electron chi connectivity index (χ0n) is 7.66. The Labute approximate surface area is 86.2 Å². The first-order valence-corrected chi connectivity index (χ1v) is 5.20. The van der Waals surface area contributed by atoms with Gasteiger partial charge in [-0.1, -0.05) is 0 Å². The van der Waals surface area contributed by atoms with Crippen LogP contribution in [0.15, 0.2) is 24.7 Å². The minimum atomic E-state index is 0.559. The van der Waals surface area contributed by atoms with E-state index in [4.69, 9.17) is 5.73 Å². The lowest BCUT2D eigenvalue weighted by Gasteiger charge is -1.98. The number of rotatable bonds is 4. The Hall–Kier alpha value is -1.33. The Kier molecular flexibility index (Phi) is 2.81. The van der Waals surface area contributed by atoms with E-state index in [0.29, 0.717) is 6.54 Å². The van der Waals surface area contributed by atoms with Crippen LogP contribution in [0.1, 0.15) is 10.4 Å². The van der Waals surface area contributed by atoms with Crippen LogP contribution >= 0.6 is 11.3 Å². The molecule has 0 atom stereocenters. The van der Waals surface area contributed by atoms with Gasteiger partial charge >= 0.3 is 0 Å². The first kappa shape index (κ1) is 9.23. The van der Waals surface area contributed by atoms with Crippen LogP contribution in [0.3, 0.4) is 0 Å². The third kappa shape index (κ3) is 2.12. The van der Waals surface area contributed by atoms with Gasteiger partial charge in [0.15, 0.2) is 5.13 Å². The summed E-state index contributed by atoms with van der Waals surface area (Å²) in [6.07, 6.45) is 5.68. The highest BCUT2D eigenvalue weighted by atomic mass is 32.1. The van der Waals surface area contributed by atoms with Crippen molar-refractivity contribution in [3.63, 3.8) is 0 Å². The van der Waals surface area contributed by atoms with E-state index < -0.39 is 0 Å². The summed E-state index contributed by atoms with van der Waals surface area (Å²) in [6, 6.07) is 2.03. The quantitative estimate of drug-likeness (QED) is 0.714. The highest BCUT2D eigenvalue weighted by Crippen LogP contribution is 2.17. The molecule has 0 aromatic carbocycles. The van der Waals surface area contributed by atoms with Crippen LogP contribution < -0.4 is 11.1 Å². The molecule has 4 nitrogen and oxygen atoms in total. The van der Waals surface area contributed by atoms with Crippen molar-refractivity contribution < 1.29 is 0 Å². The minimum absolute atomic E-state index is 0.559. The number of hydrogen-bond acceptors (Lipinski definition) is 4. The number of nitrogens with one attached hydrogen (secondary N) is 2. The molecule has 0 aliphatic rings. The van der Waals surface area contributed by atoms with Crippen molar-refractivity contribution in [3.8, 4) is 0 Å². The maximum Gasteiger partial charge on any atom is 0.183 e. The number of nitrogens with zero attached hydrogens (tertiary/aromatic N) is 1. The van der Waals surface area contributed by atoms with Gasteiger partial charge in [-0.2, -0.15) is 0 Å². The summed E-state index contributed by atoms with van der Waals surface area (Å²) in [6.45, 7) is 1.35. The molecular formula is C9H12N4S. The fraction of sp³-hybridized carbons (Fsp3) is 0.222. The van der Waals surface area contributed by atoms with Crippen molar-refractivity contribution >= 4 is 16.5 Å². The molecule has 0 unspecified atom stereocenters. The largest absolute Gasteiger partial charge is 0.367 e. The predicted molar refractivity (Wildman–Crippen MR) is 58.1 cm³/mol. The molecule has 5 heteroatoms. The van der Waals surface area contributed by atoms with Gasteiger partial charge in [-0.05, 0) is 11.6 Å². The number of aromatic amines is 1. The SMILES string of the molecule is NCc1cnc(NCc2cc[nH]c2)s1. The van der Waals surface area contributed by atoms with Gasteiger partial charge in [0.05, 0.1) is 0 Å². The van der Waals surface area contributed by atoms with Crippen LogP contribution in [0.2, 0.25) is 0 Å². The molecule has 74 valence electrons. The summed E-state index contributed by atoms with van der Waals surface area (Å²) in [5.74, 6) is 0.